The number of carbonyl (C=O) groups is 3. The molecule has 3 amide bonds. The number of rotatable bonds is 5. The summed E-state index contributed by atoms with van der Waals surface area (Å²) in [7, 11) is 0. The van der Waals surface area contributed by atoms with E-state index in [0.717, 1.165) is 0 Å². The number of nitrogens with one attached hydrogen (secondary N) is 2. The standard InChI is InChI=1S/C25H20N4O5/c30-22(13-14-28-20-7-3-4-8-21(20)34-25(28)33)26-17-11-9-16(10-12-17)24(32)29-15-23(31)27-18-5-1-2-6-19(18)29/h1-12H,13-15H2,(H,26,30)(H,27,31). The summed E-state index contributed by atoms with van der Waals surface area (Å²) < 4.78 is 6.60. The molecule has 5 rings (SSSR count). The second-order valence-electron chi connectivity index (χ2n) is 7.82. The van der Waals surface area contributed by atoms with Crippen LogP contribution in [0.2, 0.25) is 0 Å². The van der Waals surface area contributed by atoms with Gasteiger partial charge >= 0.3 is 5.76 Å². The molecule has 2 heterocycles. The van der Waals surface area contributed by atoms with Gasteiger partial charge in [0.25, 0.3) is 5.91 Å². The first-order valence-electron chi connectivity index (χ1n) is 10.7. The molecule has 0 unspecified atom stereocenters. The normalized spacial score (nSPS) is 12.8. The van der Waals surface area contributed by atoms with Gasteiger partial charge in [-0.3, -0.25) is 23.9 Å². The van der Waals surface area contributed by atoms with E-state index >= 15 is 0 Å². The minimum absolute atomic E-state index is 0.0730. The summed E-state index contributed by atoms with van der Waals surface area (Å²) in [4.78, 5) is 50.9. The number of fused-ring (bicyclic) bond motifs is 2. The van der Waals surface area contributed by atoms with Crippen LogP contribution in [0.25, 0.3) is 11.1 Å². The molecule has 1 aliphatic heterocycles. The second-order valence-corrected chi connectivity index (χ2v) is 7.82. The van der Waals surface area contributed by atoms with Gasteiger partial charge in [-0.05, 0) is 48.5 Å². The third-order valence-corrected chi connectivity index (χ3v) is 5.57. The minimum atomic E-state index is -0.509. The minimum Gasteiger partial charge on any atom is -0.408 e. The van der Waals surface area contributed by atoms with Crippen molar-refractivity contribution in [2.24, 2.45) is 0 Å². The molecule has 2 N–H and O–H groups in total. The fourth-order valence-electron chi connectivity index (χ4n) is 3.93. The average molecular weight is 456 g/mol. The summed E-state index contributed by atoms with van der Waals surface area (Å²) in [5.74, 6) is -1.37. The Hall–Kier alpha value is -4.66. The van der Waals surface area contributed by atoms with Crippen LogP contribution in [0.5, 0.6) is 0 Å². The summed E-state index contributed by atoms with van der Waals surface area (Å²) >= 11 is 0. The van der Waals surface area contributed by atoms with Crippen molar-refractivity contribution < 1.29 is 18.8 Å². The van der Waals surface area contributed by atoms with E-state index in [1.807, 2.05) is 0 Å². The Morgan fingerprint density at radius 1 is 0.941 bits per heavy atom. The fraction of sp³-hybridized carbons (Fsp3) is 0.120. The molecule has 1 aromatic heterocycles. The molecule has 34 heavy (non-hydrogen) atoms. The first kappa shape index (κ1) is 21.2. The maximum Gasteiger partial charge on any atom is 0.419 e. The van der Waals surface area contributed by atoms with Crippen molar-refractivity contribution in [3.8, 4) is 0 Å². The van der Waals surface area contributed by atoms with E-state index in [2.05, 4.69) is 10.6 Å². The summed E-state index contributed by atoms with van der Waals surface area (Å²) in [6.45, 7) is 0.102. The van der Waals surface area contributed by atoms with Crippen molar-refractivity contribution >= 4 is 45.9 Å². The Morgan fingerprint density at radius 3 is 2.50 bits per heavy atom. The van der Waals surface area contributed by atoms with Gasteiger partial charge in [0.15, 0.2) is 5.58 Å². The van der Waals surface area contributed by atoms with Crippen molar-refractivity contribution in [1.29, 1.82) is 0 Å². The lowest BCUT2D eigenvalue weighted by Crippen LogP contribution is -2.42. The van der Waals surface area contributed by atoms with E-state index in [1.165, 1.54) is 9.47 Å². The number of aromatic nitrogens is 1. The van der Waals surface area contributed by atoms with Crippen LogP contribution in [0.1, 0.15) is 16.8 Å². The lowest BCUT2D eigenvalue weighted by Gasteiger charge is -2.29. The van der Waals surface area contributed by atoms with E-state index in [1.54, 1.807) is 72.8 Å². The zero-order valence-electron chi connectivity index (χ0n) is 18.0. The average Bonchev–Trinajstić information content (AvgIpc) is 3.17. The van der Waals surface area contributed by atoms with Crippen LogP contribution in [-0.4, -0.2) is 28.8 Å². The predicted octanol–water partition coefficient (Wildman–Crippen LogP) is 3.22. The number of nitrogens with zero attached hydrogens (tertiary/aromatic N) is 2. The fourth-order valence-corrected chi connectivity index (χ4v) is 3.93. The van der Waals surface area contributed by atoms with E-state index in [4.69, 9.17) is 4.42 Å². The number of amides is 3. The number of hydrogen-bond acceptors (Lipinski definition) is 5. The van der Waals surface area contributed by atoms with Crippen LogP contribution in [-0.2, 0) is 16.1 Å². The van der Waals surface area contributed by atoms with Gasteiger partial charge in [0, 0.05) is 24.2 Å². The molecule has 1 aliphatic rings. The van der Waals surface area contributed by atoms with Gasteiger partial charge in [0.2, 0.25) is 11.8 Å². The summed E-state index contributed by atoms with van der Waals surface area (Å²) in [5.41, 5.74) is 3.23. The van der Waals surface area contributed by atoms with Gasteiger partial charge < -0.3 is 15.1 Å². The molecule has 0 radical (unpaired) electrons. The van der Waals surface area contributed by atoms with Crippen molar-refractivity contribution in [1.82, 2.24) is 4.57 Å². The van der Waals surface area contributed by atoms with Crippen LogP contribution < -0.4 is 21.3 Å². The highest BCUT2D eigenvalue weighted by atomic mass is 16.4. The summed E-state index contributed by atoms with van der Waals surface area (Å²) in [6, 6.07) is 20.6. The topological polar surface area (TPSA) is 114 Å². The number of aryl methyl sites for hydroxylation is 1. The van der Waals surface area contributed by atoms with Gasteiger partial charge in [-0.15, -0.1) is 0 Å². The lowest BCUT2D eigenvalue weighted by molar-refractivity contribution is -0.116. The monoisotopic (exact) mass is 456 g/mol. The third kappa shape index (κ3) is 4.06. The van der Waals surface area contributed by atoms with Gasteiger partial charge in [-0.2, -0.15) is 0 Å². The van der Waals surface area contributed by atoms with Gasteiger partial charge in [-0.25, -0.2) is 4.79 Å². The highest BCUT2D eigenvalue weighted by molar-refractivity contribution is 6.15. The maximum absolute atomic E-state index is 13.0. The van der Waals surface area contributed by atoms with E-state index < -0.39 is 5.76 Å². The van der Waals surface area contributed by atoms with E-state index in [0.29, 0.717) is 33.7 Å². The summed E-state index contributed by atoms with van der Waals surface area (Å²) in [6.07, 6.45) is 0.0732. The molecule has 0 aliphatic carbocycles. The van der Waals surface area contributed by atoms with E-state index in [9.17, 15) is 19.2 Å². The Morgan fingerprint density at radius 2 is 1.68 bits per heavy atom. The number of anilines is 3. The number of para-hydroxylation sites is 4. The predicted molar refractivity (Wildman–Crippen MR) is 127 cm³/mol. The zero-order valence-corrected chi connectivity index (χ0v) is 18.0. The molecule has 4 aromatic rings. The van der Waals surface area contributed by atoms with Crippen molar-refractivity contribution in [3.63, 3.8) is 0 Å². The first-order valence-corrected chi connectivity index (χ1v) is 10.7. The molecular weight excluding hydrogens is 436 g/mol. The van der Waals surface area contributed by atoms with Crippen LogP contribution in [0.3, 0.4) is 0 Å². The Kier molecular flexibility index (Phi) is 5.43. The molecule has 0 atom stereocenters. The van der Waals surface area contributed by atoms with Gasteiger partial charge in [-0.1, -0.05) is 24.3 Å². The molecule has 170 valence electrons. The molecule has 0 saturated carbocycles. The van der Waals surface area contributed by atoms with Crippen LogP contribution in [0.4, 0.5) is 17.1 Å². The second kappa shape index (κ2) is 8.70. The van der Waals surface area contributed by atoms with Gasteiger partial charge in [0.05, 0.1) is 16.9 Å². The zero-order chi connectivity index (χ0) is 23.7. The molecular formula is C25H20N4O5. The van der Waals surface area contributed by atoms with Crippen LogP contribution in [0.15, 0.2) is 82.0 Å². The first-order chi connectivity index (χ1) is 16.5. The van der Waals surface area contributed by atoms with Crippen molar-refractivity contribution in [2.75, 3.05) is 22.1 Å². The Labute approximate surface area is 193 Å². The number of benzene rings is 3. The summed E-state index contributed by atoms with van der Waals surface area (Å²) in [5, 5.41) is 5.52. The number of hydrogen-bond donors (Lipinski definition) is 2. The Bertz CT molecular complexity index is 1470. The molecule has 0 saturated heterocycles. The molecule has 0 fully saturated rings. The highest BCUT2D eigenvalue weighted by Crippen LogP contribution is 2.30. The quantitative estimate of drug-likeness (QED) is 0.479. The number of carbonyl (C=O) groups excluding carboxylic acids is 3. The van der Waals surface area contributed by atoms with Crippen LogP contribution >= 0.6 is 0 Å². The number of oxazole rings is 1. The van der Waals surface area contributed by atoms with Crippen molar-refractivity contribution in [3.05, 3.63) is 88.9 Å². The molecule has 9 nitrogen and oxygen atoms in total. The van der Waals surface area contributed by atoms with Crippen LogP contribution in [0, 0.1) is 0 Å². The SMILES string of the molecule is O=C(CCn1c(=O)oc2ccccc21)Nc1ccc(C(=O)N2CC(=O)Nc3ccccc32)cc1. The van der Waals surface area contributed by atoms with E-state index in [-0.39, 0.29) is 37.2 Å². The largest absolute Gasteiger partial charge is 0.419 e. The molecule has 0 bridgehead atoms. The van der Waals surface area contributed by atoms with Gasteiger partial charge in [0.1, 0.15) is 6.54 Å². The third-order valence-electron chi connectivity index (χ3n) is 5.57. The maximum atomic E-state index is 13.0. The lowest BCUT2D eigenvalue weighted by atomic mass is 10.1. The highest BCUT2D eigenvalue weighted by Gasteiger charge is 2.27. The smallest absolute Gasteiger partial charge is 0.408 e. The Balaban J connectivity index is 1.24. The molecule has 0 spiro atoms. The molecule has 3 aromatic carbocycles. The molecule has 9 heteroatoms. The van der Waals surface area contributed by atoms with Crippen molar-refractivity contribution in [2.45, 2.75) is 13.0 Å².